The SMILES string of the molecule is O=C1OC(=O)C2CCC1CCC1C(=O)OC(=O)C1CC2. The van der Waals surface area contributed by atoms with Crippen LogP contribution in [0.4, 0.5) is 0 Å². The zero-order valence-corrected chi connectivity index (χ0v) is 11.0. The second kappa shape index (κ2) is 5.00. The van der Waals surface area contributed by atoms with Crippen molar-refractivity contribution in [2.24, 2.45) is 23.7 Å². The van der Waals surface area contributed by atoms with Gasteiger partial charge >= 0.3 is 23.9 Å². The molecule has 2 heterocycles. The number of fused-ring (bicyclic) bond motifs is 4. The molecule has 1 saturated carbocycles. The topological polar surface area (TPSA) is 86.7 Å². The summed E-state index contributed by atoms with van der Waals surface area (Å²) in [4.78, 5) is 47.0. The van der Waals surface area contributed by atoms with Gasteiger partial charge in [0.05, 0.1) is 23.7 Å². The molecule has 20 heavy (non-hydrogen) atoms. The number of esters is 4. The van der Waals surface area contributed by atoms with Crippen LogP contribution in [0.25, 0.3) is 0 Å². The first-order valence-electron chi connectivity index (χ1n) is 7.07. The van der Waals surface area contributed by atoms with Gasteiger partial charge in [-0.25, -0.2) is 0 Å². The van der Waals surface area contributed by atoms with Crippen LogP contribution in [0.5, 0.6) is 0 Å². The second-order valence-corrected chi connectivity index (χ2v) is 5.82. The number of hydrogen-bond donors (Lipinski definition) is 0. The molecule has 0 radical (unpaired) electrons. The first kappa shape index (κ1) is 13.3. The van der Waals surface area contributed by atoms with Crippen LogP contribution in [0.2, 0.25) is 0 Å². The molecule has 4 unspecified atom stereocenters. The molecule has 0 amide bonds. The van der Waals surface area contributed by atoms with Crippen molar-refractivity contribution >= 4 is 23.9 Å². The minimum atomic E-state index is -0.492. The van der Waals surface area contributed by atoms with Gasteiger partial charge in [0.15, 0.2) is 0 Å². The highest BCUT2D eigenvalue weighted by molar-refractivity contribution is 5.96. The lowest BCUT2D eigenvalue weighted by Gasteiger charge is -2.19. The van der Waals surface area contributed by atoms with Gasteiger partial charge in [-0.15, -0.1) is 0 Å². The lowest BCUT2D eigenvalue weighted by molar-refractivity contribution is -0.164. The number of hydrogen-bond acceptors (Lipinski definition) is 6. The van der Waals surface area contributed by atoms with E-state index >= 15 is 0 Å². The number of carbonyl (C=O) groups excluding carboxylic acids is 4. The van der Waals surface area contributed by atoms with Gasteiger partial charge in [-0.3, -0.25) is 19.2 Å². The number of ether oxygens (including phenoxy) is 2. The Labute approximate surface area is 115 Å². The number of cyclic esters (lactones) is 4. The third-order valence-electron chi connectivity index (χ3n) is 4.68. The number of rotatable bonds is 0. The van der Waals surface area contributed by atoms with Crippen LogP contribution in [-0.2, 0) is 28.7 Å². The van der Waals surface area contributed by atoms with Gasteiger partial charge in [0, 0.05) is 0 Å². The van der Waals surface area contributed by atoms with E-state index in [2.05, 4.69) is 0 Å². The molecule has 0 aromatic heterocycles. The van der Waals surface area contributed by atoms with Gasteiger partial charge in [0.25, 0.3) is 0 Å². The summed E-state index contributed by atoms with van der Waals surface area (Å²) in [5, 5.41) is 0. The van der Waals surface area contributed by atoms with E-state index in [9.17, 15) is 19.2 Å². The summed E-state index contributed by atoms with van der Waals surface area (Å²) in [5.41, 5.74) is 0. The maximum Gasteiger partial charge on any atom is 0.317 e. The van der Waals surface area contributed by atoms with Crippen LogP contribution in [0.15, 0.2) is 0 Å². The molecule has 4 atom stereocenters. The van der Waals surface area contributed by atoms with E-state index in [1.165, 1.54) is 0 Å². The fourth-order valence-corrected chi connectivity index (χ4v) is 3.41. The Bertz CT molecular complexity index is 440. The van der Waals surface area contributed by atoms with Crippen LogP contribution in [0.1, 0.15) is 38.5 Å². The van der Waals surface area contributed by atoms with Crippen molar-refractivity contribution < 1.29 is 28.7 Å². The first-order chi connectivity index (χ1) is 9.56. The van der Waals surface area contributed by atoms with Gasteiger partial charge in [-0.05, 0) is 38.5 Å². The summed E-state index contributed by atoms with van der Waals surface area (Å²) in [7, 11) is 0. The van der Waals surface area contributed by atoms with Crippen molar-refractivity contribution in [1.82, 2.24) is 0 Å². The molecule has 2 bridgehead atoms. The minimum absolute atomic E-state index is 0.355. The van der Waals surface area contributed by atoms with Gasteiger partial charge in [-0.2, -0.15) is 0 Å². The Kier molecular flexibility index (Phi) is 3.31. The van der Waals surface area contributed by atoms with Crippen molar-refractivity contribution in [2.75, 3.05) is 0 Å². The molecule has 3 rings (SSSR count). The predicted octanol–water partition coefficient (Wildman–Crippen LogP) is 0.972. The van der Waals surface area contributed by atoms with Crippen molar-refractivity contribution in [2.45, 2.75) is 38.5 Å². The highest BCUT2D eigenvalue weighted by Crippen LogP contribution is 2.38. The van der Waals surface area contributed by atoms with E-state index in [-0.39, 0.29) is 11.8 Å². The molecule has 2 saturated heterocycles. The van der Waals surface area contributed by atoms with E-state index in [0.717, 1.165) is 0 Å². The molecule has 3 aliphatic rings. The fourth-order valence-electron chi connectivity index (χ4n) is 3.41. The van der Waals surface area contributed by atoms with Crippen LogP contribution < -0.4 is 0 Å². The molecule has 6 heteroatoms. The molecule has 3 fully saturated rings. The zero-order valence-electron chi connectivity index (χ0n) is 11.0. The molecular weight excluding hydrogens is 264 g/mol. The summed E-state index contributed by atoms with van der Waals surface area (Å²) in [5.74, 6) is -3.61. The van der Waals surface area contributed by atoms with Crippen LogP contribution in [0, 0.1) is 23.7 Å². The van der Waals surface area contributed by atoms with Gasteiger partial charge in [0.1, 0.15) is 0 Å². The van der Waals surface area contributed by atoms with E-state index in [1.807, 2.05) is 0 Å². The Morgan fingerprint density at radius 3 is 1.35 bits per heavy atom. The third-order valence-corrected chi connectivity index (χ3v) is 4.68. The summed E-state index contributed by atoms with van der Waals surface area (Å²) >= 11 is 0. The second-order valence-electron chi connectivity index (χ2n) is 5.82. The molecule has 0 spiro atoms. The van der Waals surface area contributed by atoms with Crippen molar-refractivity contribution in [3.05, 3.63) is 0 Å². The van der Waals surface area contributed by atoms with Crippen LogP contribution in [0.3, 0.4) is 0 Å². The average Bonchev–Trinajstić information content (AvgIpc) is 2.58. The molecular formula is C14H16O6. The first-order valence-corrected chi connectivity index (χ1v) is 7.07. The van der Waals surface area contributed by atoms with E-state index in [0.29, 0.717) is 38.5 Å². The Morgan fingerprint density at radius 1 is 0.550 bits per heavy atom. The summed E-state index contributed by atoms with van der Waals surface area (Å²) < 4.78 is 9.56. The maximum absolute atomic E-state index is 11.8. The molecule has 0 aromatic rings. The van der Waals surface area contributed by atoms with Gasteiger partial charge < -0.3 is 9.47 Å². The lowest BCUT2D eigenvalue weighted by Crippen LogP contribution is -2.22. The number of carbonyl (C=O) groups is 4. The standard InChI is InChI=1S/C14H16O6/c15-11-7-1-2-8(12(16)19-11)4-6-10-9(5-3-7)13(17)20-14(10)18/h7-10H,1-6H2. The average molecular weight is 280 g/mol. The fraction of sp³-hybridized carbons (Fsp3) is 0.714. The summed E-state index contributed by atoms with van der Waals surface area (Å²) in [6.07, 6.45) is 3.01. The summed E-state index contributed by atoms with van der Waals surface area (Å²) in [6, 6.07) is 0. The quantitative estimate of drug-likeness (QED) is 0.485. The molecule has 0 N–H and O–H groups in total. The molecule has 1 aliphatic carbocycles. The monoisotopic (exact) mass is 280 g/mol. The van der Waals surface area contributed by atoms with Crippen molar-refractivity contribution in [1.29, 1.82) is 0 Å². The van der Waals surface area contributed by atoms with Gasteiger partial charge in [-0.1, -0.05) is 0 Å². The Hall–Kier alpha value is -1.72. The maximum atomic E-state index is 11.8. The Morgan fingerprint density at radius 2 is 0.900 bits per heavy atom. The lowest BCUT2D eigenvalue weighted by atomic mass is 9.80. The molecule has 0 aromatic carbocycles. The van der Waals surface area contributed by atoms with Crippen molar-refractivity contribution in [3.8, 4) is 0 Å². The van der Waals surface area contributed by atoms with Crippen molar-refractivity contribution in [3.63, 3.8) is 0 Å². The smallest absolute Gasteiger partial charge is 0.317 e. The van der Waals surface area contributed by atoms with Crippen LogP contribution >= 0.6 is 0 Å². The van der Waals surface area contributed by atoms with Gasteiger partial charge in [0.2, 0.25) is 0 Å². The largest absolute Gasteiger partial charge is 0.393 e. The summed E-state index contributed by atoms with van der Waals surface area (Å²) in [6.45, 7) is 0. The molecule has 2 aliphatic heterocycles. The minimum Gasteiger partial charge on any atom is -0.393 e. The van der Waals surface area contributed by atoms with Crippen LogP contribution in [-0.4, -0.2) is 23.9 Å². The normalized spacial score (nSPS) is 38.0. The van der Waals surface area contributed by atoms with E-state index < -0.39 is 35.7 Å². The highest BCUT2D eigenvalue weighted by atomic mass is 16.6. The van der Waals surface area contributed by atoms with E-state index in [1.54, 1.807) is 0 Å². The third kappa shape index (κ3) is 2.23. The predicted molar refractivity (Wildman–Crippen MR) is 63.9 cm³/mol. The molecule has 6 nitrogen and oxygen atoms in total. The zero-order chi connectivity index (χ0) is 14.3. The highest BCUT2D eigenvalue weighted by Gasteiger charge is 2.46. The molecule has 108 valence electrons. The van der Waals surface area contributed by atoms with E-state index in [4.69, 9.17) is 9.47 Å². The Balaban J connectivity index is 1.86.